The fraction of sp³-hybridized carbons (Fsp3) is 0.0476. The highest BCUT2D eigenvalue weighted by molar-refractivity contribution is 7.14. The van der Waals surface area contributed by atoms with Crippen LogP contribution in [0.25, 0.3) is 5.82 Å². The van der Waals surface area contributed by atoms with Crippen molar-refractivity contribution in [2.45, 2.75) is 6.54 Å². The minimum Gasteiger partial charge on any atom is -0.507 e. The van der Waals surface area contributed by atoms with Crippen molar-refractivity contribution in [3.63, 3.8) is 0 Å². The molecular weight excluding hydrogens is 438 g/mol. The topological polar surface area (TPSA) is 109 Å². The van der Waals surface area contributed by atoms with Gasteiger partial charge in [0, 0.05) is 30.2 Å². The summed E-state index contributed by atoms with van der Waals surface area (Å²) in [5.41, 5.74) is 1.21. The molecule has 4 aromatic rings. The summed E-state index contributed by atoms with van der Waals surface area (Å²) in [7, 11) is 0. The third-order valence-electron chi connectivity index (χ3n) is 4.34. The molecule has 4 rings (SSSR count). The summed E-state index contributed by atoms with van der Waals surface area (Å²) in [6.07, 6.45) is 5.12. The fourth-order valence-corrected chi connectivity index (χ4v) is 3.74. The number of amides is 2. The van der Waals surface area contributed by atoms with Gasteiger partial charge in [0.25, 0.3) is 11.8 Å². The van der Waals surface area contributed by atoms with Crippen molar-refractivity contribution < 1.29 is 14.7 Å². The van der Waals surface area contributed by atoms with Crippen LogP contribution in [-0.4, -0.2) is 31.7 Å². The number of phenols is 1. The fourth-order valence-electron chi connectivity index (χ4n) is 2.79. The molecule has 0 saturated heterocycles. The van der Waals surface area contributed by atoms with Crippen LogP contribution in [0.4, 0.5) is 5.00 Å². The summed E-state index contributed by atoms with van der Waals surface area (Å²) < 4.78 is 1.64. The Morgan fingerprint density at radius 3 is 2.71 bits per heavy atom. The number of carbonyl (C=O) groups is 2. The molecule has 2 amide bonds. The third kappa shape index (κ3) is 4.73. The quantitative estimate of drug-likeness (QED) is 0.410. The average Bonchev–Trinajstić information content (AvgIpc) is 3.44. The minimum absolute atomic E-state index is 0.0625. The number of halogens is 1. The van der Waals surface area contributed by atoms with Crippen LogP contribution in [0.15, 0.2) is 66.4 Å². The van der Waals surface area contributed by atoms with Crippen LogP contribution in [0, 0.1) is 0 Å². The van der Waals surface area contributed by atoms with Gasteiger partial charge in [-0.2, -0.15) is 5.10 Å². The Morgan fingerprint density at radius 2 is 2.00 bits per heavy atom. The lowest BCUT2D eigenvalue weighted by Crippen LogP contribution is -2.24. The van der Waals surface area contributed by atoms with E-state index < -0.39 is 5.91 Å². The molecule has 3 N–H and O–H groups in total. The molecular formula is C21H16ClN5O3S. The van der Waals surface area contributed by atoms with Gasteiger partial charge in [-0.25, -0.2) is 9.67 Å². The Bertz CT molecular complexity index is 1220. The number of pyridine rings is 1. The van der Waals surface area contributed by atoms with Gasteiger partial charge in [-0.3, -0.25) is 9.59 Å². The second-order valence-corrected chi connectivity index (χ2v) is 7.79. The molecule has 0 aliphatic rings. The standard InChI is InChI=1S/C21H16ClN5O3S/c22-14-3-4-15(17(28)10-14)20(30)26-21-16(6-9-31-21)19(29)24-12-13-2-5-18(23-11-13)27-8-1-7-25-27/h1-11,28H,12H2,(H,24,29)(H,26,30). The number of rotatable bonds is 6. The molecule has 0 aliphatic heterocycles. The average molecular weight is 454 g/mol. The molecule has 0 spiro atoms. The maximum absolute atomic E-state index is 12.6. The molecule has 156 valence electrons. The number of nitrogens with zero attached hydrogens (tertiary/aromatic N) is 3. The SMILES string of the molecule is O=C(Nc1sccc1C(=O)NCc1ccc(-n2cccn2)nc1)c1ccc(Cl)cc1O. The number of hydrogen-bond donors (Lipinski definition) is 3. The number of benzene rings is 1. The van der Waals surface area contributed by atoms with Crippen LogP contribution in [0.5, 0.6) is 5.75 Å². The number of aromatic nitrogens is 3. The van der Waals surface area contributed by atoms with Crippen molar-refractivity contribution in [2.75, 3.05) is 5.32 Å². The first-order valence-corrected chi connectivity index (χ1v) is 10.4. The van der Waals surface area contributed by atoms with E-state index in [1.54, 1.807) is 40.8 Å². The Morgan fingerprint density at radius 1 is 1.13 bits per heavy atom. The molecule has 0 bridgehead atoms. The van der Waals surface area contributed by atoms with Crippen LogP contribution < -0.4 is 10.6 Å². The molecule has 8 nitrogen and oxygen atoms in total. The maximum atomic E-state index is 12.6. The second kappa shape index (κ2) is 8.99. The van der Waals surface area contributed by atoms with Crippen molar-refractivity contribution in [3.05, 3.63) is 88.1 Å². The highest BCUT2D eigenvalue weighted by Gasteiger charge is 2.18. The highest BCUT2D eigenvalue weighted by atomic mass is 35.5. The van der Waals surface area contributed by atoms with E-state index in [0.29, 0.717) is 21.4 Å². The smallest absolute Gasteiger partial charge is 0.260 e. The molecule has 0 aliphatic carbocycles. The van der Waals surface area contributed by atoms with E-state index in [-0.39, 0.29) is 23.8 Å². The van der Waals surface area contributed by atoms with E-state index in [2.05, 4.69) is 20.7 Å². The van der Waals surface area contributed by atoms with E-state index in [9.17, 15) is 14.7 Å². The molecule has 0 saturated carbocycles. The summed E-state index contributed by atoms with van der Waals surface area (Å²) in [6, 6.07) is 11.3. The predicted molar refractivity (Wildman–Crippen MR) is 118 cm³/mol. The van der Waals surface area contributed by atoms with Crippen molar-refractivity contribution in [2.24, 2.45) is 0 Å². The third-order valence-corrected chi connectivity index (χ3v) is 5.41. The molecule has 31 heavy (non-hydrogen) atoms. The van der Waals surface area contributed by atoms with E-state index in [1.807, 2.05) is 12.1 Å². The van der Waals surface area contributed by atoms with E-state index >= 15 is 0 Å². The molecule has 3 aromatic heterocycles. The Labute approximate surface area is 186 Å². The van der Waals surface area contributed by atoms with E-state index in [4.69, 9.17) is 11.6 Å². The van der Waals surface area contributed by atoms with Gasteiger partial charge < -0.3 is 15.7 Å². The second-order valence-electron chi connectivity index (χ2n) is 6.44. The minimum atomic E-state index is -0.538. The molecule has 1 aromatic carbocycles. The first-order valence-electron chi connectivity index (χ1n) is 9.12. The summed E-state index contributed by atoms with van der Waals surface area (Å²) >= 11 is 7.01. The van der Waals surface area contributed by atoms with Crippen LogP contribution >= 0.6 is 22.9 Å². The van der Waals surface area contributed by atoms with Crippen LogP contribution in [0.3, 0.4) is 0 Å². The van der Waals surface area contributed by atoms with Crippen LogP contribution in [0.1, 0.15) is 26.3 Å². The van der Waals surface area contributed by atoms with Crippen LogP contribution in [0.2, 0.25) is 5.02 Å². The van der Waals surface area contributed by atoms with Gasteiger partial charge in [-0.15, -0.1) is 11.3 Å². The van der Waals surface area contributed by atoms with Gasteiger partial charge in [0.2, 0.25) is 0 Å². The number of phenolic OH excluding ortho intramolecular Hbond substituents is 1. The Hall–Kier alpha value is -3.69. The Kier molecular flexibility index (Phi) is 5.96. The maximum Gasteiger partial charge on any atom is 0.260 e. The van der Waals surface area contributed by atoms with Crippen LogP contribution in [-0.2, 0) is 6.54 Å². The normalized spacial score (nSPS) is 10.6. The molecule has 3 heterocycles. The monoisotopic (exact) mass is 453 g/mol. The summed E-state index contributed by atoms with van der Waals surface area (Å²) in [5.74, 6) is -0.441. The van der Waals surface area contributed by atoms with Gasteiger partial charge in [0.15, 0.2) is 5.82 Å². The highest BCUT2D eigenvalue weighted by Crippen LogP contribution is 2.27. The lowest BCUT2D eigenvalue weighted by Gasteiger charge is -2.09. The molecule has 10 heteroatoms. The van der Waals surface area contributed by atoms with E-state index in [1.165, 1.54) is 29.5 Å². The summed E-state index contributed by atoms with van der Waals surface area (Å²) in [4.78, 5) is 29.4. The molecule has 0 radical (unpaired) electrons. The summed E-state index contributed by atoms with van der Waals surface area (Å²) in [6.45, 7) is 0.270. The number of aromatic hydroxyl groups is 1. The number of thiophene rings is 1. The number of carbonyl (C=O) groups excluding carboxylic acids is 2. The van der Waals surface area contributed by atoms with Crippen molar-refractivity contribution in [1.82, 2.24) is 20.1 Å². The number of hydrogen-bond acceptors (Lipinski definition) is 6. The van der Waals surface area contributed by atoms with Crippen molar-refractivity contribution in [3.8, 4) is 11.6 Å². The van der Waals surface area contributed by atoms with Crippen molar-refractivity contribution in [1.29, 1.82) is 0 Å². The number of anilines is 1. The lowest BCUT2D eigenvalue weighted by atomic mass is 10.2. The zero-order valence-corrected chi connectivity index (χ0v) is 17.5. The van der Waals surface area contributed by atoms with Gasteiger partial charge in [-0.05, 0) is 47.3 Å². The lowest BCUT2D eigenvalue weighted by molar-refractivity contribution is 0.0952. The van der Waals surface area contributed by atoms with E-state index in [0.717, 1.165) is 5.56 Å². The predicted octanol–water partition coefficient (Wildman–Crippen LogP) is 3.87. The van der Waals surface area contributed by atoms with Gasteiger partial charge in [-0.1, -0.05) is 17.7 Å². The summed E-state index contributed by atoms with van der Waals surface area (Å²) in [5, 5.41) is 21.9. The number of nitrogens with one attached hydrogen (secondary N) is 2. The zero-order valence-electron chi connectivity index (χ0n) is 15.9. The van der Waals surface area contributed by atoms with Gasteiger partial charge >= 0.3 is 0 Å². The zero-order chi connectivity index (χ0) is 21.8. The Balaban J connectivity index is 1.40. The molecule has 0 atom stereocenters. The first kappa shape index (κ1) is 20.6. The molecule has 0 fully saturated rings. The largest absolute Gasteiger partial charge is 0.507 e. The van der Waals surface area contributed by atoms with Crippen molar-refractivity contribution >= 4 is 39.8 Å². The van der Waals surface area contributed by atoms with Gasteiger partial charge in [0.1, 0.15) is 10.8 Å². The first-order chi connectivity index (χ1) is 15.0. The van der Waals surface area contributed by atoms with Gasteiger partial charge in [0.05, 0.1) is 11.1 Å². The molecule has 0 unspecified atom stereocenters.